The third-order valence-corrected chi connectivity index (χ3v) is 3.26. The number of hydrogen-bond donors (Lipinski definition) is 3. The highest BCUT2D eigenvalue weighted by molar-refractivity contribution is 7.92. The van der Waals surface area contributed by atoms with Crippen LogP contribution in [0.3, 0.4) is 0 Å². The van der Waals surface area contributed by atoms with E-state index in [0.29, 0.717) is 0 Å². The molecule has 21 heavy (non-hydrogen) atoms. The Morgan fingerprint density at radius 3 is 2.05 bits per heavy atom. The summed E-state index contributed by atoms with van der Waals surface area (Å²) in [7, 11) is -8.13. The molecule has 0 atom stereocenters. The number of rotatable bonds is 5. The predicted octanol–water partition coefficient (Wildman–Crippen LogP) is -0.872. The largest absolute Gasteiger partial charge is 0.413 e. The van der Waals surface area contributed by atoms with Crippen LogP contribution in [-0.2, 0) is 24.5 Å². The zero-order chi connectivity index (χ0) is 16.3. The average Bonchev–Trinajstić information content (AvgIpc) is 2.24. The van der Waals surface area contributed by atoms with Crippen molar-refractivity contribution < 1.29 is 30.6 Å². The van der Waals surface area contributed by atoms with Crippen LogP contribution in [0.4, 0.5) is 10.5 Å². The molecule has 0 saturated carbocycles. The number of urea groups is 1. The van der Waals surface area contributed by atoms with Crippen molar-refractivity contribution in [3.63, 3.8) is 0 Å². The SMILES string of the molecule is CS(=O)(=O)Nc1ccc(C(=O)OS(=O)(=O)NC(N)=O)cc1. The Labute approximate surface area is 120 Å². The molecular weight excluding hydrogens is 326 g/mol. The topological polar surface area (TPSA) is 162 Å². The number of nitrogens with two attached hydrogens (primary N) is 1. The minimum Gasteiger partial charge on any atom is -0.351 e. The van der Waals surface area contributed by atoms with Crippen LogP contribution in [0.2, 0.25) is 0 Å². The molecule has 1 aromatic rings. The van der Waals surface area contributed by atoms with Gasteiger partial charge in [0, 0.05) is 5.69 Å². The third-order valence-electron chi connectivity index (χ3n) is 1.83. The predicted molar refractivity (Wildman–Crippen MR) is 72.0 cm³/mol. The van der Waals surface area contributed by atoms with E-state index in [4.69, 9.17) is 0 Å². The second-order valence-corrected chi connectivity index (χ2v) is 6.77. The van der Waals surface area contributed by atoms with Gasteiger partial charge in [0.2, 0.25) is 10.0 Å². The Balaban J connectivity index is 2.83. The van der Waals surface area contributed by atoms with Crippen molar-refractivity contribution >= 4 is 38.0 Å². The first-order chi connectivity index (χ1) is 9.48. The molecule has 0 radical (unpaired) electrons. The normalized spacial score (nSPS) is 11.5. The smallest absolute Gasteiger partial charge is 0.351 e. The maximum absolute atomic E-state index is 11.5. The van der Waals surface area contributed by atoms with Crippen LogP contribution in [0.5, 0.6) is 0 Å². The van der Waals surface area contributed by atoms with Crippen LogP contribution in [0.1, 0.15) is 10.4 Å². The van der Waals surface area contributed by atoms with Crippen molar-refractivity contribution in [3.05, 3.63) is 29.8 Å². The number of anilines is 1. The third kappa shape index (κ3) is 6.09. The molecule has 0 aliphatic rings. The highest BCUT2D eigenvalue weighted by Gasteiger charge is 2.20. The molecule has 0 heterocycles. The summed E-state index contributed by atoms with van der Waals surface area (Å²) in [6.45, 7) is 0. The minimum absolute atomic E-state index is 0.173. The number of primary amides is 1. The number of sulfonamides is 1. The molecule has 0 spiro atoms. The molecule has 12 heteroatoms. The van der Waals surface area contributed by atoms with Crippen LogP contribution in [0.15, 0.2) is 24.3 Å². The molecule has 116 valence electrons. The van der Waals surface area contributed by atoms with Crippen molar-refractivity contribution in [2.45, 2.75) is 0 Å². The van der Waals surface area contributed by atoms with Gasteiger partial charge in [-0.05, 0) is 24.3 Å². The molecule has 1 rings (SSSR count). The van der Waals surface area contributed by atoms with Gasteiger partial charge in [0.15, 0.2) is 0 Å². The lowest BCUT2D eigenvalue weighted by Crippen LogP contribution is -2.37. The van der Waals surface area contributed by atoms with Gasteiger partial charge in [-0.15, -0.1) is 0 Å². The molecule has 0 aromatic heterocycles. The van der Waals surface area contributed by atoms with Gasteiger partial charge < -0.3 is 9.92 Å². The van der Waals surface area contributed by atoms with Crippen LogP contribution in [0.25, 0.3) is 0 Å². The summed E-state index contributed by atoms with van der Waals surface area (Å²) < 4.78 is 51.7. The molecule has 0 bridgehead atoms. The first-order valence-electron chi connectivity index (χ1n) is 5.12. The summed E-state index contributed by atoms with van der Waals surface area (Å²) in [5.41, 5.74) is 4.58. The molecule has 2 amide bonds. The standard InChI is InChI=1S/C9H11N3O7S2/c1-20(15,16)11-7-4-2-6(3-5-7)8(13)19-21(17,18)12-9(10)14/h2-5,11H,1H3,(H3,10,12,14). The van der Waals surface area contributed by atoms with E-state index in [1.807, 2.05) is 0 Å². The van der Waals surface area contributed by atoms with E-state index >= 15 is 0 Å². The maximum Gasteiger partial charge on any atom is 0.413 e. The van der Waals surface area contributed by atoms with Crippen molar-refractivity contribution in [3.8, 4) is 0 Å². The van der Waals surface area contributed by atoms with E-state index in [1.54, 1.807) is 0 Å². The van der Waals surface area contributed by atoms with E-state index in [0.717, 1.165) is 18.4 Å². The zero-order valence-corrected chi connectivity index (χ0v) is 12.2. The molecule has 0 aliphatic carbocycles. The highest BCUT2D eigenvalue weighted by Crippen LogP contribution is 2.12. The monoisotopic (exact) mass is 337 g/mol. The molecule has 0 aliphatic heterocycles. The van der Waals surface area contributed by atoms with Gasteiger partial charge in [-0.1, -0.05) is 0 Å². The number of carbonyl (C=O) groups is 2. The summed E-state index contributed by atoms with van der Waals surface area (Å²) in [5.74, 6) is -1.27. The maximum atomic E-state index is 11.5. The Morgan fingerprint density at radius 2 is 1.62 bits per heavy atom. The molecule has 10 nitrogen and oxygen atoms in total. The van der Waals surface area contributed by atoms with E-state index in [2.05, 4.69) is 14.6 Å². The lowest BCUT2D eigenvalue weighted by atomic mass is 10.2. The number of amides is 2. The minimum atomic E-state index is -4.65. The quantitative estimate of drug-likeness (QED) is 0.628. The van der Waals surface area contributed by atoms with Crippen LogP contribution in [0, 0.1) is 0 Å². The van der Waals surface area contributed by atoms with Crippen LogP contribution < -0.4 is 15.2 Å². The Morgan fingerprint density at radius 1 is 1.10 bits per heavy atom. The fraction of sp³-hybridized carbons (Fsp3) is 0.111. The van der Waals surface area contributed by atoms with E-state index in [-0.39, 0.29) is 11.3 Å². The number of nitrogens with one attached hydrogen (secondary N) is 2. The van der Waals surface area contributed by atoms with E-state index in [9.17, 15) is 26.4 Å². The molecule has 1 aromatic carbocycles. The number of carbonyl (C=O) groups excluding carboxylic acids is 2. The van der Waals surface area contributed by atoms with Gasteiger partial charge in [0.05, 0.1) is 11.8 Å². The fourth-order valence-corrected chi connectivity index (χ4v) is 2.33. The summed E-state index contributed by atoms with van der Waals surface area (Å²) in [4.78, 5) is 21.9. The van der Waals surface area contributed by atoms with Crippen molar-refractivity contribution in [2.24, 2.45) is 5.73 Å². The zero-order valence-electron chi connectivity index (χ0n) is 10.6. The Kier molecular flexibility index (Phi) is 4.75. The highest BCUT2D eigenvalue weighted by atomic mass is 32.2. The van der Waals surface area contributed by atoms with Gasteiger partial charge in [-0.25, -0.2) is 22.7 Å². The molecule has 0 saturated heterocycles. The molecule has 4 N–H and O–H groups in total. The van der Waals surface area contributed by atoms with Gasteiger partial charge in [-0.2, -0.15) is 8.42 Å². The second kappa shape index (κ2) is 5.97. The summed E-state index contributed by atoms with van der Waals surface area (Å²) >= 11 is 0. The summed E-state index contributed by atoms with van der Waals surface area (Å²) in [6.07, 6.45) is 0.942. The summed E-state index contributed by atoms with van der Waals surface area (Å²) in [5, 5.41) is 0. The van der Waals surface area contributed by atoms with Crippen molar-refractivity contribution in [2.75, 3.05) is 11.0 Å². The van der Waals surface area contributed by atoms with Gasteiger partial charge in [-0.3, -0.25) is 4.72 Å². The van der Waals surface area contributed by atoms with E-state index < -0.39 is 32.3 Å². The lowest BCUT2D eigenvalue weighted by Gasteiger charge is -2.06. The summed E-state index contributed by atoms with van der Waals surface area (Å²) in [6, 6.07) is 3.32. The molecule has 0 unspecified atom stereocenters. The Bertz CT molecular complexity index is 753. The van der Waals surface area contributed by atoms with Crippen molar-refractivity contribution in [1.29, 1.82) is 0 Å². The molecular formula is C9H11N3O7S2. The first-order valence-corrected chi connectivity index (χ1v) is 8.42. The average molecular weight is 337 g/mol. The van der Waals surface area contributed by atoms with Crippen LogP contribution >= 0.6 is 0 Å². The Hall–Kier alpha value is -2.34. The van der Waals surface area contributed by atoms with Gasteiger partial charge >= 0.3 is 22.3 Å². The second-order valence-electron chi connectivity index (χ2n) is 3.74. The van der Waals surface area contributed by atoms with Gasteiger partial charge in [0.1, 0.15) is 0 Å². The number of hydrogen-bond acceptors (Lipinski definition) is 7. The fourth-order valence-electron chi connectivity index (χ4n) is 1.18. The van der Waals surface area contributed by atoms with Crippen LogP contribution in [-0.4, -0.2) is 35.1 Å². The van der Waals surface area contributed by atoms with Gasteiger partial charge in [0.25, 0.3) is 0 Å². The number of benzene rings is 1. The molecule has 0 fully saturated rings. The van der Waals surface area contributed by atoms with Crippen molar-refractivity contribution in [1.82, 2.24) is 4.72 Å². The lowest BCUT2D eigenvalue weighted by molar-refractivity contribution is 0.0745. The van der Waals surface area contributed by atoms with E-state index in [1.165, 1.54) is 16.9 Å². The first kappa shape index (κ1) is 16.7.